The Kier molecular flexibility index (Phi) is 5.28. The predicted molar refractivity (Wildman–Crippen MR) is 116 cm³/mol. The van der Waals surface area contributed by atoms with Crippen LogP contribution in [0.1, 0.15) is 23.0 Å². The molecule has 2 aromatic carbocycles. The number of carbonyl (C=O) groups is 2. The van der Waals surface area contributed by atoms with Crippen LogP contribution in [0, 0.1) is 0 Å². The highest BCUT2D eigenvalue weighted by atomic mass is 32.2. The zero-order chi connectivity index (χ0) is 21.3. The number of nitrogens with one attached hydrogen (secondary N) is 1. The second-order valence-electron chi connectivity index (χ2n) is 6.75. The maximum absolute atomic E-state index is 12.5. The molecule has 0 radical (unpaired) electrons. The summed E-state index contributed by atoms with van der Waals surface area (Å²) < 4.78 is 1.80. The highest BCUT2D eigenvalue weighted by Gasteiger charge is 2.26. The van der Waals surface area contributed by atoms with Crippen LogP contribution in [0.25, 0.3) is 11.0 Å². The van der Waals surface area contributed by atoms with Gasteiger partial charge in [-0.2, -0.15) is 0 Å². The van der Waals surface area contributed by atoms with Gasteiger partial charge in [0.1, 0.15) is 5.69 Å². The summed E-state index contributed by atoms with van der Waals surface area (Å²) in [5, 5.41) is 1.17. The van der Waals surface area contributed by atoms with Gasteiger partial charge < -0.3 is 15.3 Å². The third-order valence-electron chi connectivity index (χ3n) is 4.64. The van der Waals surface area contributed by atoms with Gasteiger partial charge in [0, 0.05) is 14.0 Å². The number of aromatic amines is 1. The first kappa shape index (κ1) is 19.7. The first-order valence-corrected chi connectivity index (χ1v) is 10.1. The molecule has 30 heavy (non-hydrogen) atoms. The number of nitrogens with two attached hydrogens (primary N) is 1. The summed E-state index contributed by atoms with van der Waals surface area (Å²) in [7, 11) is 1.50. The van der Waals surface area contributed by atoms with Crippen LogP contribution in [0.5, 0.6) is 0 Å². The minimum Gasteiger partial charge on any atom is -0.351 e. The van der Waals surface area contributed by atoms with Crippen molar-refractivity contribution >= 4 is 40.4 Å². The van der Waals surface area contributed by atoms with Crippen LogP contribution < -0.4 is 10.6 Å². The Morgan fingerprint density at radius 3 is 2.47 bits per heavy atom. The molecule has 0 fully saturated rings. The molecule has 0 saturated heterocycles. The van der Waals surface area contributed by atoms with Gasteiger partial charge in [0.25, 0.3) is 0 Å². The quantitative estimate of drug-likeness (QED) is 0.463. The SMILES string of the molecule is CC(=O)c1c(N(C)C(N)=O)nc(Sc2nc3ccccc3[nH]2)n1Cc1ccccc1. The van der Waals surface area contributed by atoms with Crippen molar-refractivity contribution in [3.05, 3.63) is 65.9 Å². The van der Waals surface area contributed by atoms with Crippen LogP contribution in [0.3, 0.4) is 0 Å². The monoisotopic (exact) mass is 420 g/mol. The first-order chi connectivity index (χ1) is 14.4. The van der Waals surface area contributed by atoms with Crippen molar-refractivity contribution in [3.8, 4) is 0 Å². The Labute approximate surface area is 177 Å². The maximum atomic E-state index is 12.5. The van der Waals surface area contributed by atoms with E-state index < -0.39 is 6.03 Å². The molecule has 0 spiro atoms. The number of imidazole rings is 2. The number of rotatable bonds is 6. The number of urea groups is 1. The second-order valence-corrected chi connectivity index (χ2v) is 7.71. The van der Waals surface area contributed by atoms with Gasteiger partial charge in [-0.1, -0.05) is 42.5 Å². The number of benzene rings is 2. The Balaban J connectivity index is 1.83. The van der Waals surface area contributed by atoms with Gasteiger partial charge in [-0.3, -0.25) is 9.69 Å². The van der Waals surface area contributed by atoms with Gasteiger partial charge in [-0.15, -0.1) is 0 Å². The molecule has 2 heterocycles. The lowest BCUT2D eigenvalue weighted by molar-refractivity contribution is 0.100. The van der Waals surface area contributed by atoms with Crippen molar-refractivity contribution in [2.45, 2.75) is 23.8 Å². The van der Waals surface area contributed by atoms with E-state index in [-0.39, 0.29) is 11.6 Å². The van der Waals surface area contributed by atoms with Crippen LogP contribution >= 0.6 is 11.8 Å². The molecule has 4 aromatic rings. The number of H-pyrrole nitrogens is 1. The molecule has 0 aliphatic heterocycles. The number of primary amides is 1. The minimum absolute atomic E-state index is 0.210. The fraction of sp³-hybridized carbons (Fsp3) is 0.143. The zero-order valence-electron chi connectivity index (χ0n) is 16.5. The first-order valence-electron chi connectivity index (χ1n) is 9.25. The standard InChI is InChI=1S/C21H20N6O2S/c1-13(28)17-18(26(2)19(22)29)25-21(27(17)12-14-8-4-3-5-9-14)30-20-23-15-10-6-7-11-16(15)24-20/h3-11H,12H2,1-2H3,(H2,22,29)(H,23,24). The van der Waals surface area contributed by atoms with E-state index in [0.717, 1.165) is 16.6 Å². The average Bonchev–Trinajstić information content (AvgIpc) is 3.29. The van der Waals surface area contributed by atoms with Gasteiger partial charge in [0.05, 0.1) is 17.6 Å². The van der Waals surface area contributed by atoms with Gasteiger partial charge in [0.2, 0.25) is 0 Å². The van der Waals surface area contributed by atoms with Gasteiger partial charge >= 0.3 is 6.03 Å². The number of amides is 2. The largest absolute Gasteiger partial charge is 0.351 e. The smallest absolute Gasteiger partial charge is 0.320 e. The third-order valence-corrected chi connectivity index (χ3v) is 5.52. The molecule has 152 valence electrons. The second kappa shape index (κ2) is 8.03. The molecule has 3 N–H and O–H groups in total. The maximum Gasteiger partial charge on any atom is 0.320 e. The molecule has 0 saturated carbocycles. The van der Waals surface area contributed by atoms with Crippen molar-refractivity contribution in [1.82, 2.24) is 19.5 Å². The molecule has 2 amide bonds. The molecule has 2 aromatic heterocycles. The molecule has 0 aliphatic rings. The number of nitrogens with zero attached hydrogens (tertiary/aromatic N) is 4. The highest BCUT2D eigenvalue weighted by molar-refractivity contribution is 7.99. The number of hydrogen-bond donors (Lipinski definition) is 2. The fourth-order valence-electron chi connectivity index (χ4n) is 3.16. The summed E-state index contributed by atoms with van der Waals surface area (Å²) in [6.45, 7) is 1.87. The van der Waals surface area contributed by atoms with Crippen LogP contribution in [-0.2, 0) is 6.54 Å². The van der Waals surface area contributed by atoms with Crippen molar-refractivity contribution in [3.63, 3.8) is 0 Å². The molecular weight excluding hydrogens is 400 g/mol. The van der Waals surface area contributed by atoms with Gasteiger partial charge in [0.15, 0.2) is 21.9 Å². The van der Waals surface area contributed by atoms with Crippen LogP contribution in [0.2, 0.25) is 0 Å². The van der Waals surface area contributed by atoms with Crippen LogP contribution in [0.15, 0.2) is 64.9 Å². The van der Waals surface area contributed by atoms with Crippen LogP contribution in [-0.4, -0.2) is 38.4 Å². The zero-order valence-corrected chi connectivity index (χ0v) is 17.3. The Morgan fingerprint density at radius 1 is 1.10 bits per heavy atom. The number of para-hydroxylation sites is 2. The third kappa shape index (κ3) is 3.79. The van der Waals surface area contributed by atoms with E-state index in [1.165, 1.54) is 30.6 Å². The normalized spacial score (nSPS) is 11.0. The predicted octanol–water partition coefficient (Wildman–Crippen LogP) is 3.68. The number of hydrogen-bond acceptors (Lipinski definition) is 5. The topological polar surface area (TPSA) is 110 Å². The minimum atomic E-state index is -0.692. The molecule has 0 atom stereocenters. The number of ketones is 1. The lowest BCUT2D eigenvalue weighted by Gasteiger charge is -2.14. The fourth-order valence-corrected chi connectivity index (χ4v) is 4.04. The summed E-state index contributed by atoms with van der Waals surface area (Å²) in [6.07, 6.45) is 0. The summed E-state index contributed by atoms with van der Waals surface area (Å²) in [6, 6.07) is 16.7. The highest BCUT2D eigenvalue weighted by Crippen LogP contribution is 2.32. The van der Waals surface area contributed by atoms with E-state index in [9.17, 15) is 9.59 Å². The Bertz CT molecular complexity index is 1200. The summed E-state index contributed by atoms with van der Waals surface area (Å²) in [4.78, 5) is 37.9. The molecule has 0 aliphatic carbocycles. The molecular formula is C21H20N6O2S. The number of anilines is 1. The number of Topliss-reactive ketones (excluding diaryl/α,β-unsaturated/α-hetero) is 1. The summed E-state index contributed by atoms with van der Waals surface area (Å²) >= 11 is 1.29. The number of aromatic nitrogens is 4. The molecule has 8 nitrogen and oxygen atoms in total. The molecule has 0 unspecified atom stereocenters. The summed E-state index contributed by atoms with van der Waals surface area (Å²) in [5.41, 5.74) is 8.51. The van der Waals surface area contributed by atoms with Crippen molar-refractivity contribution in [1.29, 1.82) is 0 Å². The molecule has 9 heteroatoms. The number of carbonyl (C=O) groups excluding carboxylic acids is 2. The van der Waals surface area contributed by atoms with E-state index in [1.807, 2.05) is 54.6 Å². The van der Waals surface area contributed by atoms with Crippen molar-refractivity contribution in [2.24, 2.45) is 5.73 Å². The molecule has 0 bridgehead atoms. The van der Waals surface area contributed by atoms with Gasteiger partial charge in [-0.05, 0) is 29.5 Å². The van der Waals surface area contributed by atoms with E-state index in [2.05, 4.69) is 15.0 Å². The van der Waals surface area contributed by atoms with E-state index in [0.29, 0.717) is 22.6 Å². The average molecular weight is 420 g/mol. The lowest BCUT2D eigenvalue weighted by atomic mass is 10.2. The van der Waals surface area contributed by atoms with E-state index >= 15 is 0 Å². The Hall–Kier alpha value is -3.59. The lowest BCUT2D eigenvalue weighted by Crippen LogP contribution is -2.33. The van der Waals surface area contributed by atoms with Crippen molar-refractivity contribution in [2.75, 3.05) is 11.9 Å². The molecule has 4 rings (SSSR count). The Morgan fingerprint density at radius 2 is 1.80 bits per heavy atom. The van der Waals surface area contributed by atoms with E-state index in [1.54, 1.807) is 4.57 Å². The number of fused-ring (bicyclic) bond motifs is 1. The van der Waals surface area contributed by atoms with Crippen molar-refractivity contribution < 1.29 is 9.59 Å². The van der Waals surface area contributed by atoms with E-state index in [4.69, 9.17) is 5.73 Å². The van der Waals surface area contributed by atoms with Gasteiger partial charge in [-0.25, -0.2) is 14.8 Å². The summed E-state index contributed by atoms with van der Waals surface area (Å²) in [5.74, 6) is 0.0162. The van der Waals surface area contributed by atoms with Crippen LogP contribution in [0.4, 0.5) is 10.6 Å².